The van der Waals surface area contributed by atoms with Gasteiger partial charge in [0.05, 0.1) is 0 Å². The summed E-state index contributed by atoms with van der Waals surface area (Å²) in [5, 5.41) is 4.33. The van der Waals surface area contributed by atoms with Crippen LogP contribution in [0, 0.1) is 5.92 Å². The molecular formula is C15H22ClN. The molecule has 1 aromatic carbocycles. The largest absolute Gasteiger partial charge is 0.317 e. The molecule has 1 fully saturated rings. The molecule has 1 nitrogen and oxygen atoms in total. The van der Waals surface area contributed by atoms with Gasteiger partial charge in [-0.15, -0.1) is 0 Å². The third-order valence-electron chi connectivity index (χ3n) is 3.97. The highest BCUT2D eigenvalue weighted by molar-refractivity contribution is 6.30. The summed E-state index contributed by atoms with van der Waals surface area (Å²) < 4.78 is 0. The summed E-state index contributed by atoms with van der Waals surface area (Å²) in [7, 11) is 2.10. The van der Waals surface area contributed by atoms with Crippen LogP contribution in [0.3, 0.4) is 0 Å². The molecule has 2 rings (SSSR count). The summed E-state index contributed by atoms with van der Waals surface area (Å²) in [5.74, 6) is 0.840. The summed E-state index contributed by atoms with van der Waals surface area (Å²) in [6.07, 6.45) is 7.95. The molecule has 94 valence electrons. The molecule has 2 unspecified atom stereocenters. The van der Waals surface area contributed by atoms with Crippen molar-refractivity contribution in [2.75, 3.05) is 7.05 Å². The molecule has 17 heavy (non-hydrogen) atoms. The monoisotopic (exact) mass is 251 g/mol. The van der Waals surface area contributed by atoms with Gasteiger partial charge >= 0.3 is 0 Å². The van der Waals surface area contributed by atoms with E-state index in [1.54, 1.807) is 0 Å². The van der Waals surface area contributed by atoms with E-state index in [9.17, 15) is 0 Å². The fraction of sp³-hybridized carbons (Fsp3) is 0.600. The predicted octanol–water partition coefficient (Wildman–Crippen LogP) is 4.05. The van der Waals surface area contributed by atoms with Crippen LogP contribution in [0.1, 0.15) is 37.7 Å². The minimum Gasteiger partial charge on any atom is -0.317 e. The molecule has 1 aromatic rings. The van der Waals surface area contributed by atoms with Crippen LogP contribution in [0.2, 0.25) is 5.02 Å². The Morgan fingerprint density at radius 2 is 2.12 bits per heavy atom. The molecule has 0 amide bonds. The normalized spacial score (nSPS) is 24.8. The number of benzene rings is 1. The van der Waals surface area contributed by atoms with E-state index in [0.717, 1.165) is 23.4 Å². The highest BCUT2D eigenvalue weighted by Crippen LogP contribution is 2.28. The van der Waals surface area contributed by atoms with E-state index in [1.165, 1.54) is 37.7 Å². The molecule has 2 atom stereocenters. The molecule has 0 radical (unpaired) electrons. The number of aryl methyl sites for hydroxylation is 1. The van der Waals surface area contributed by atoms with Gasteiger partial charge in [-0.2, -0.15) is 0 Å². The van der Waals surface area contributed by atoms with Crippen LogP contribution in [0.25, 0.3) is 0 Å². The standard InChI is InChI=1S/C15H22ClN/c1-17-15-8-3-2-6-13(15)10-9-12-5-4-7-14(16)11-12/h4-5,7,11,13,15,17H,2-3,6,8-10H2,1H3. The first-order chi connectivity index (χ1) is 8.29. The molecule has 1 aliphatic carbocycles. The van der Waals surface area contributed by atoms with Gasteiger partial charge in [-0.25, -0.2) is 0 Å². The third kappa shape index (κ3) is 3.72. The molecular weight excluding hydrogens is 230 g/mol. The fourth-order valence-electron chi connectivity index (χ4n) is 2.98. The average Bonchev–Trinajstić information content (AvgIpc) is 2.37. The van der Waals surface area contributed by atoms with Crippen molar-refractivity contribution in [1.82, 2.24) is 5.32 Å². The Morgan fingerprint density at radius 3 is 2.88 bits per heavy atom. The van der Waals surface area contributed by atoms with Gasteiger partial charge in [-0.05, 0) is 56.3 Å². The Bertz CT molecular complexity index is 351. The van der Waals surface area contributed by atoms with Crippen LogP contribution in [-0.2, 0) is 6.42 Å². The van der Waals surface area contributed by atoms with E-state index in [0.29, 0.717) is 0 Å². The lowest BCUT2D eigenvalue weighted by Crippen LogP contribution is -2.36. The van der Waals surface area contributed by atoms with Crippen LogP contribution in [-0.4, -0.2) is 13.1 Å². The molecule has 1 aliphatic rings. The van der Waals surface area contributed by atoms with Gasteiger partial charge in [-0.1, -0.05) is 36.6 Å². The maximum atomic E-state index is 6.01. The van der Waals surface area contributed by atoms with Gasteiger partial charge in [0.1, 0.15) is 0 Å². The van der Waals surface area contributed by atoms with Gasteiger partial charge in [0.25, 0.3) is 0 Å². The number of nitrogens with one attached hydrogen (secondary N) is 1. The van der Waals surface area contributed by atoms with Crippen molar-refractivity contribution in [2.24, 2.45) is 5.92 Å². The zero-order valence-electron chi connectivity index (χ0n) is 10.6. The first-order valence-electron chi connectivity index (χ1n) is 6.71. The summed E-state index contributed by atoms with van der Waals surface area (Å²) in [5.41, 5.74) is 1.37. The lowest BCUT2D eigenvalue weighted by atomic mass is 9.81. The van der Waals surface area contributed by atoms with Gasteiger partial charge in [0.2, 0.25) is 0 Å². The summed E-state index contributed by atoms with van der Waals surface area (Å²) >= 11 is 6.01. The molecule has 0 spiro atoms. The molecule has 1 N–H and O–H groups in total. The zero-order chi connectivity index (χ0) is 12.1. The molecule has 0 bridgehead atoms. The smallest absolute Gasteiger partial charge is 0.0408 e. The van der Waals surface area contributed by atoms with Crippen molar-refractivity contribution in [2.45, 2.75) is 44.6 Å². The minimum atomic E-state index is 0.725. The highest BCUT2D eigenvalue weighted by atomic mass is 35.5. The van der Waals surface area contributed by atoms with Gasteiger partial charge < -0.3 is 5.32 Å². The van der Waals surface area contributed by atoms with Crippen molar-refractivity contribution in [1.29, 1.82) is 0 Å². The van der Waals surface area contributed by atoms with Crippen LogP contribution in [0.5, 0.6) is 0 Å². The molecule has 2 heteroatoms. The minimum absolute atomic E-state index is 0.725. The second-order valence-corrected chi connectivity index (χ2v) is 5.54. The Labute approximate surface area is 110 Å². The quantitative estimate of drug-likeness (QED) is 0.851. The van der Waals surface area contributed by atoms with Crippen LogP contribution >= 0.6 is 11.6 Å². The Kier molecular flexibility index (Phi) is 4.87. The Morgan fingerprint density at radius 1 is 1.29 bits per heavy atom. The lowest BCUT2D eigenvalue weighted by Gasteiger charge is -2.31. The van der Waals surface area contributed by atoms with E-state index < -0.39 is 0 Å². The summed E-state index contributed by atoms with van der Waals surface area (Å²) in [4.78, 5) is 0. The second kappa shape index (κ2) is 6.42. The van der Waals surface area contributed by atoms with Crippen LogP contribution in [0.4, 0.5) is 0 Å². The fourth-order valence-corrected chi connectivity index (χ4v) is 3.19. The maximum Gasteiger partial charge on any atom is 0.0408 e. The number of hydrogen-bond acceptors (Lipinski definition) is 1. The lowest BCUT2D eigenvalue weighted by molar-refractivity contribution is 0.260. The highest BCUT2D eigenvalue weighted by Gasteiger charge is 2.23. The second-order valence-electron chi connectivity index (χ2n) is 5.11. The van der Waals surface area contributed by atoms with E-state index in [4.69, 9.17) is 11.6 Å². The van der Waals surface area contributed by atoms with E-state index in [-0.39, 0.29) is 0 Å². The summed E-state index contributed by atoms with van der Waals surface area (Å²) in [6.45, 7) is 0. The van der Waals surface area contributed by atoms with Gasteiger partial charge in [-0.3, -0.25) is 0 Å². The zero-order valence-corrected chi connectivity index (χ0v) is 11.3. The maximum absolute atomic E-state index is 6.01. The molecule has 0 saturated heterocycles. The number of halogens is 1. The van der Waals surface area contributed by atoms with Gasteiger partial charge in [0.15, 0.2) is 0 Å². The molecule has 0 heterocycles. The first kappa shape index (κ1) is 12.9. The van der Waals surface area contributed by atoms with Gasteiger partial charge in [0, 0.05) is 11.1 Å². The van der Waals surface area contributed by atoms with Crippen LogP contribution in [0.15, 0.2) is 24.3 Å². The van der Waals surface area contributed by atoms with Crippen molar-refractivity contribution in [3.63, 3.8) is 0 Å². The molecule has 0 aliphatic heterocycles. The SMILES string of the molecule is CNC1CCCCC1CCc1cccc(Cl)c1. The first-order valence-corrected chi connectivity index (χ1v) is 7.09. The van der Waals surface area contributed by atoms with E-state index >= 15 is 0 Å². The number of hydrogen-bond donors (Lipinski definition) is 1. The average molecular weight is 252 g/mol. The Hall–Kier alpha value is -0.530. The van der Waals surface area contributed by atoms with E-state index in [1.807, 2.05) is 12.1 Å². The van der Waals surface area contributed by atoms with Crippen molar-refractivity contribution < 1.29 is 0 Å². The van der Waals surface area contributed by atoms with Crippen molar-refractivity contribution in [3.8, 4) is 0 Å². The van der Waals surface area contributed by atoms with Crippen molar-refractivity contribution >= 4 is 11.6 Å². The van der Waals surface area contributed by atoms with Crippen molar-refractivity contribution in [3.05, 3.63) is 34.9 Å². The summed E-state index contributed by atoms with van der Waals surface area (Å²) in [6, 6.07) is 9.00. The van der Waals surface area contributed by atoms with E-state index in [2.05, 4.69) is 24.5 Å². The molecule has 0 aromatic heterocycles. The Balaban J connectivity index is 1.88. The predicted molar refractivity (Wildman–Crippen MR) is 74.6 cm³/mol. The topological polar surface area (TPSA) is 12.0 Å². The molecule has 1 saturated carbocycles. The number of rotatable bonds is 4. The third-order valence-corrected chi connectivity index (χ3v) is 4.21. The van der Waals surface area contributed by atoms with Crippen LogP contribution < -0.4 is 5.32 Å².